The second kappa shape index (κ2) is 8.01. The summed E-state index contributed by atoms with van der Waals surface area (Å²) in [5.41, 5.74) is 0.815. The third kappa shape index (κ3) is 4.04. The minimum atomic E-state index is -0.765. The van der Waals surface area contributed by atoms with Crippen LogP contribution in [-0.4, -0.2) is 32.1 Å². The van der Waals surface area contributed by atoms with Crippen LogP contribution in [0.5, 0.6) is 11.5 Å². The molecule has 0 saturated heterocycles. The highest BCUT2D eigenvalue weighted by Gasteiger charge is 2.19. The molecular weight excluding hydrogens is 308 g/mol. The lowest BCUT2D eigenvalue weighted by atomic mass is 10.1. The third-order valence-electron chi connectivity index (χ3n) is 3.40. The Kier molecular flexibility index (Phi) is 5.78. The average Bonchev–Trinajstić information content (AvgIpc) is 2.61. The monoisotopic (exact) mass is 328 g/mol. The lowest BCUT2D eigenvalue weighted by molar-refractivity contribution is -0.122. The zero-order chi connectivity index (χ0) is 17.5. The van der Waals surface area contributed by atoms with Crippen LogP contribution in [0.15, 0.2) is 48.5 Å². The zero-order valence-electron chi connectivity index (χ0n) is 13.8. The minimum Gasteiger partial charge on any atom is -0.493 e. The Balaban J connectivity index is 2.11. The third-order valence-corrected chi connectivity index (χ3v) is 3.40. The molecule has 0 fully saturated rings. The second-order valence-electron chi connectivity index (χ2n) is 5.02. The summed E-state index contributed by atoms with van der Waals surface area (Å²) in [5.74, 6) is 0.381. The van der Waals surface area contributed by atoms with Gasteiger partial charge >= 0.3 is 0 Å². The van der Waals surface area contributed by atoms with E-state index < -0.39 is 6.10 Å². The molecule has 6 nitrogen and oxygen atoms in total. The molecule has 2 aromatic carbocycles. The molecule has 0 spiro atoms. The molecule has 0 aliphatic carbocycles. The van der Waals surface area contributed by atoms with Gasteiger partial charge in [0.2, 0.25) is 0 Å². The molecule has 2 aromatic rings. The summed E-state index contributed by atoms with van der Waals surface area (Å²) in [6.07, 6.45) is -0.765. The maximum Gasteiger partial charge on any atom is 0.265 e. The molecule has 6 heteroatoms. The largest absolute Gasteiger partial charge is 0.493 e. The van der Waals surface area contributed by atoms with Crippen molar-refractivity contribution in [3.8, 4) is 11.5 Å². The average molecular weight is 328 g/mol. The summed E-state index contributed by atoms with van der Waals surface area (Å²) in [4.78, 5) is 24.2. The van der Waals surface area contributed by atoms with Gasteiger partial charge < -0.3 is 20.1 Å². The number of carbonyl (C=O) groups is 2. The van der Waals surface area contributed by atoms with E-state index in [-0.39, 0.29) is 11.8 Å². The molecular formula is C18H20N2O4. The maximum absolute atomic E-state index is 12.4. The van der Waals surface area contributed by atoms with Gasteiger partial charge in [0, 0.05) is 7.05 Å². The number of methoxy groups -OCH3 is 1. The molecule has 2 rings (SSSR count). The zero-order valence-corrected chi connectivity index (χ0v) is 13.8. The quantitative estimate of drug-likeness (QED) is 0.854. The minimum absolute atomic E-state index is 0.274. The van der Waals surface area contributed by atoms with Crippen molar-refractivity contribution in [2.75, 3.05) is 19.5 Å². The van der Waals surface area contributed by atoms with Crippen LogP contribution in [0.1, 0.15) is 17.3 Å². The van der Waals surface area contributed by atoms with Gasteiger partial charge in [-0.25, -0.2) is 0 Å². The molecule has 0 aliphatic heterocycles. The molecule has 0 radical (unpaired) electrons. The van der Waals surface area contributed by atoms with Crippen LogP contribution >= 0.6 is 0 Å². The number of amides is 2. The Bertz CT molecular complexity index is 730. The molecule has 24 heavy (non-hydrogen) atoms. The fourth-order valence-electron chi connectivity index (χ4n) is 2.12. The van der Waals surface area contributed by atoms with E-state index in [1.165, 1.54) is 14.2 Å². The van der Waals surface area contributed by atoms with Crippen LogP contribution in [0.25, 0.3) is 0 Å². The van der Waals surface area contributed by atoms with Crippen molar-refractivity contribution in [1.29, 1.82) is 0 Å². The molecule has 126 valence electrons. The van der Waals surface area contributed by atoms with Gasteiger partial charge in [-0.15, -0.1) is 0 Å². The summed E-state index contributed by atoms with van der Waals surface area (Å²) in [7, 11) is 3.07. The van der Waals surface area contributed by atoms with E-state index in [9.17, 15) is 9.59 Å². The Morgan fingerprint density at radius 3 is 2.29 bits per heavy atom. The highest BCUT2D eigenvalue weighted by Crippen LogP contribution is 2.27. The van der Waals surface area contributed by atoms with Crippen LogP contribution < -0.4 is 20.1 Å². The Labute approximate surface area is 140 Å². The molecule has 2 N–H and O–H groups in total. The molecule has 0 bridgehead atoms. The molecule has 0 heterocycles. The molecule has 0 aliphatic rings. The van der Waals surface area contributed by atoms with Gasteiger partial charge in [0.25, 0.3) is 11.8 Å². The summed E-state index contributed by atoms with van der Waals surface area (Å²) < 4.78 is 10.9. The highest BCUT2D eigenvalue weighted by atomic mass is 16.5. The molecule has 1 unspecified atom stereocenters. The molecule has 2 amide bonds. The maximum atomic E-state index is 12.4. The summed E-state index contributed by atoms with van der Waals surface area (Å²) in [5, 5.41) is 5.26. The Morgan fingerprint density at radius 1 is 1.00 bits per heavy atom. The number of para-hydroxylation sites is 3. The number of hydrogen-bond acceptors (Lipinski definition) is 4. The van der Waals surface area contributed by atoms with E-state index in [1.807, 2.05) is 6.07 Å². The van der Waals surface area contributed by atoms with Crippen molar-refractivity contribution >= 4 is 17.5 Å². The topological polar surface area (TPSA) is 76.7 Å². The van der Waals surface area contributed by atoms with Crippen molar-refractivity contribution < 1.29 is 19.1 Å². The predicted molar refractivity (Wildman–Crippen MR) is 91.5 cm³/mol. The number of benzene rings is 2. The molecule has 0 aromatic heterocycles. The van der Waals surface area contributed by atoms with Crippen molar-refractivity contribution in [3.05, 3.63) is 54.1 Å². The predicted octanol–water partition coefficient (Wildman–Crippen LogP) is 2.46. The van der Waals surface area contributed by atoms with E-state index in [2.05, 4.69) is 10.6 Å². The van der Waals surface area contributed by atoms with Crippen molar-refractivity contribution in [3.63, 3.8) is 0 Å². The van der Waals surface area contributed by atoms with Crippen LogP contribution in [0.4, 0.5) is 5.69 Å². The van der Waals surface area contributed by atoms with E-state index in [1.54, 1.807) is 49.4 Å². The standard InChI is InChI=1S/C18H20N2O4/c1-12(24-16-11-7-6-10-15(16)23-3)17(21)20-14-9-5-4-8-13(14)18(22)19-2/h4-12H,1-3H3,(H,19,22)(H,20,21). The van der Waals surface area contributed by atoms with E-state index in [0.29, 0.717) is 22.7 Å². The SMILES string of the molecule is CNC(=O)c1ccccc1NC(=O)C(C)Oc1ccccc1OC. The van der Waals surface area contributed by atoms with Gasteiger partial charge in [-0.3, -0.25) is 9.59 Å². The van der Waals surface area contributed by atoms with Gasteiger partial charge in [-0.2, -0.15) is 0 Å². The number of nitrogens with one attached hydrogen (secondary N) is 2. The molecule has 0 saturated carbocycles. The van der Waals surface area contributed by atoms with E-state index >= 15 is 0 Å². The highest BCUT2D eigenvalue weighted by molar-refractivity contribution is 6.04. The van der Waals surface area contributed by atoms with Crippen molar-refractivity contribution in [1.82, 2.24) is 5.32 Å². The first kappa shape index (κ1) is 17.3. The first-order valence-electron chi connectivity index (χ1n) is 7.48. The summed E-state index contributed by atoms with van der Waals surface area (Å²) in [6.45, 7) is 1.63. The normalized spacial score (nSPS) is 11.3. The number of ether oxygens (including phenoxy) is 2. The molecule has 1 atom stereocenters. The van der Waals surface area contributed by atoms with Gasteiger partial charge in [-0.05, 0) is 31.2 Å². The van der Waals surface area contributed by atoms with Crippen LogP contribution in [-0.2, 0) is 4.79 Å². The Hall–Kier alpha value is -3.02. The smallest absolute Gasteiger partial charge is 0.265 e. The van der Waals surface area contributed by atoms with E-state index in [0.717, 1.165) is 0 Å². The number of carbonyl (C=O) groups excluding carboxylic acids is 2. The van der Waals surface area contributed by atoms with E-state index in [4.69, 9.17) is 9.47 Å². The Morgan fingerprint density at radius 2 is 1.62 bits per heavy atom. The lowest BCUT2D eigenvalue weighted by Gasteiger charge is -2.17. The first-order chi connectivity index (χ1) is 11.6. The van der Waals surface area contributed by atoms with Crippen LogP contribution in [0, 0.1) is 0 Å². The summed E-state index contributed by atoms with van der Waals surface area (Å²) >= 11 is 0. The summed E-state index contributed by atoms with van der Waals surface area (Å²) in [6, 6.07) is 13.9. The van der Waals surface area contributed by atoms with Crippen LogP contribution in [0.2, 0.25) is 0 Å². The fraction of sp³-hybridized carbons (Fsp3) is 0.222. The second-order valence-corrected chi connectivity index (χ2v) is 5.02. The lowest BCUT2D eigenvalue weighted by Crippen LogP contribution is -2.31. The van der Waals surface area contributed by atoms with Crippen molar-refractivity contribution in [2.24, 2.45) is 0 Å². The van der Waals surface area contributed by atoms with Gasteiger partial charge in [0.1, 0.15) is 0 Å². The number of rotatable bonds is 6. The fourth-order valence-corrected chi connectivity index (χ4v) is 2.12. The number of hydrogen-bond donors (Lipinski definition) is 2. The number of anilines is 1. The van der Waals surface area contributed by atoms with Gasteiger partial charge in [0.15, 0.2) is 17.6 Å². The van der Waals surface area contributed by atoms with Crippen molar-refractivity contribution in [2.45, 2.75) is 13.0 Å². The van der Waals surface area contributed by atoms with Gasteiger partial charge in [0.05, 0.1) is 18.4 Å². The van der Waals surface area contributed by atoms with Gasteiger partial charge in [-0.1, -0.05) is 24.3 Å². The first-order valence-corrected chi connectivity index (χ1v) is 7.48. The van der Waals surface area contributed by atoms with Crippen LogP contribution in [0.3, 0.4) is 0 Å².